The van der Waals surface area contributed by atoms with Crippen LogP contribution in [0.1, 0.15) is 144 Å². The van der Waals surface area contributed by atoms with Gasteiger partial charge in [0.05, 0.1) is 103 Å². The molecular weight excluding hydrogens is 2270 g/mol. The number of H-pyrrole nitrogens is 2. The van der Waals surface area contributed by atoms with Crippen LogP contribution in [0.5, 0.6) is 34.5 Å². The molecule has 9 aromatic rings. The number of carboxylic acid groups (broad SMARTS) is 1. The first-order valence-electron chi connectivity index (χ1n) is 42.5. The molecule has 8 heterocycles. The molecule has 46 heteroatoms. The number of aliphatic imine (C=N–C) groups is 1. The summed E-state index contributed by atoms with van der Waals surface area (Å²) in [6, 6.07) is 19.2. The summed E-state index contributed by atoms with van der Waals surface area (Å²) >= 11 is 7.92. The van der Waals surface area contributed by atoms with Crippen molar-refractivity contribution >= 4 is 168 Å². The number of carboxylic acids is 1. The van der Waals surface area contributed by atoms with Gasteiger partial charge in [-0.25, -0.2) is 33.2 Å². The molecule has 0 unspecified atom stereocenters. The maximum atomic E-state index is 12.3. The highest BCUT2D eigenvalue weighted by Gasteiger charge is 2.30. The van der Waals surface area contributed by atoms with Gasteiger partial charge in [0.15, 0.2) is 0 Å². The zero-order valence-corrected chi connectivity index (χ0v) is 92.1. The molecule has 39 nitrogen and oxygen atoms in total. The van der Waals surface area contributed by atoms with Crippen molar-refractivity contribution in [1.82, 2.24) is 64.4 Å². The van der Waals surface area contributed by atoms with Crippen LogP contribution in [0.15, 0.2) is 108 Å². The number of hydrogen-bond donors (Lipinski definition) is 7. The summed E-state index contributed by atoms with van der Waals surface area (Å²) in [5.41, 5.74) is 26.4. The van der Waals surface area contributed by atoms with Gasteiger partial charge < -0.3 is 89.8 Å². The minimum absolute atomic E-state index is 0.0225. The van der Waals surface area contributed by atoms with Crippen LogP contribution in [0, 0.1) is 50.3 Å². The zero-order chi connectivity index (χ0) is 102. The predicted molar refractivity (Wildman–Crippen MR) is 557 cm³/mol. The smallest absolute Gasteiger partial charge is 0.410 e. The Hall–Kier alpha value is -11.2. The Morgan fingerprint density at radius 3 is 1.22 bits per heavy atom. The number of piperidine rings is 1. The van der Waals surface area contributed by atoms with Crippen LogP contribution < -0.4 is 51.4 Å². The topological polar surface area (TPSA) is 516 Å². The van der Waals surface area contributed by atoms with Crippen LogP contribution in [0.2, 0.25) is 77.1 Å². The van der Waals surface area contributed by atoms with Crippen molar-refractivity contribution in [2.75, 3.05) is 95.3 Å². The molecule has 1 fully saturated rings. The Balaban J connectivity index is 0.000000288. The number of aromatic carboxylic acids is 1. The summed E-state index contributed by atoms with van der Waals surface area (Å²) < 4.78 is 71.9. The third kappa shape index (κ3) is 42.4. The van der Waals surface area contributed by atoms with E-state index in [4.69, 9.17) is 84.9 Å². The van der Waals surface area contributed by atoms with Crippen molar-refractivity contribution in [1.29, 1.82) is 0 Å². The van der Waals surface area contributed by atoms with E-state index < -0.39 is 59.4 Å². The van der Waals surface area contributed by atoms with Crippen molar-refractivity contribution in [2.45, 2.75) is 156 Å². The van der Waals surface area contributed by atoms with E-state index in [2.05, 4.69) is 140 Å². The van der Waals surface area contributed by atoms with Gasteiger partial charge in [-0.15, -0.1) is 0 Å². The Bertz CT molecular complexity index is 5700. The van der Waals surface area contributed by atoms with Gasteiger partial charge in [0.25, 0.3) is 23.6 Å². The number of methoxy groups -OCH3 is 6. The predicted octanol–water partition coefficient (Wildman–Crippen LogP) is 13.4. The first-order valence-corrected chi connectivity index (χ1v) is 58.0. The van der Waals surface area contributed by atoms with E-state index in [1.807, 2.05) is 111 Å². The van der Waals surface area contributed by atoms with E-state index in [9.17, 15) is 38.4 Å². The average molecular weight is 2390 g/mol. The van der Waals surface area contributed by atoms with Gasteiger partial charge in [-0.2, -0.15) is 30.6 Å². The summed E-state index contributed by atoms with van der Waals surface area (Å²) in [6.07, 6.45) is 11.9. The Kier molecular flexibility index (Phi) is 48.6. The van der Waals surface area contributed by atoms with Crippen molar-refractivity contribution in [3.63, 3.8) is 0 Å². The highest BCUT2D eigenvalue weighted by atomic mass is 127. The molecule has 0 radical (unpaired) electrons. The molecule has 11 N–H and O–H groups in total. The fourth-order valence-electron chi connectivity index (χ4n) is 11.1. The molecular formula is C91H120I4N18O21Si3. The van der Waals surface area contributed by atoms with E-state index in [-0.39, 0.29) is 40.8 Å². The number of rotatable bonds is 31. The third-order valence-electron chi connectivity index (χ3n) is 18.4. The van der Waals surface area contributed by atoms with Crippen molar-refractivity contribution < 1.29 is 100 Å². The molecule has 0 saturated carbocycles. The first-order chi connectivity index (χ1) is 64.5. The molecule has 3 aromatic carbocycles. The number of nitrogens with zero attached hydrogens (tertiary/aromatic N) is 12. The molecule has 11 rings (SSSR count). The second kappa shape index (κ2) is 57.3. The summed E-state index contributed by atoms with van der Waals surface area (Å²) in [5, 5.41) is 38.6. The van der Waals surface area contributed by atoms with Crippen LogP contribution >= 0.6 is 90.4 Å². The van der Waals surface area contributed by atoms with E-state index in [1.165, 1.54) is 23.3 Å². The molecule has 0 bridgehead atoms. The fraction of sp³-hybridized carbons (Fsp3) is 0.418. The average Bonchev–Trinajstić information content (AvgIpc) is 1.67. The van der Waals surface area contributed by atoms with E-state index in [1.54, 1.807) is 155 Å². The highest BCUT2D eigenvalue weighted by Crippen LogP contribution is 2.29. The zero-order valence-electron chi connectivity index (χ0n) is 80.4. The molecule has 1 saturated heterocycles. The number of aromatic amines is 2. The lowest BCUT2D eigenvalue weighted by molar-refractivity contribution is -0.114. The minimum Gasteiger partial charge on any atom is -0.497 e. The van der Waals surface area contributed by atoms with Crippen LogP contribution in [0.4, 0.5) is 4.79 Å². The number of amides is 5. The lowest BCUT2D eigenvalue weighted by Gasteiger charge is -2.33. The number of carbonyl (C=O) groups is 8. The Labute approximate surface area is 854 Å². The van der Waals surface area contributed by atoms with Gasteiger partial charge in [-0.05, 0) is 216 Å². The third-order valence-corrected chi connectivity index (χ3v) is 26.7. The number of carbonyl (C=O) groups excluding carboxylic acids is 7. The number of ether oxygens (including phenoxy) is 12. The molecule has 0 spiro atoms. The summed E-state index contributed by atoms with van der Waals surface area (Å²) in [7, 11) is 6.21. The number of esters is 2. The molecule has 5 amide bonds. The molecule has 0 atom stereocenters. The molecule has 2 aliphatic heterocycles. The standard InChI is InChI=1S/C24H30N4O5.C15H14N2O3.C14H13N3O3.C12H21IN2O3Si.C10H18IN3O2Si.C10H17IN2O3Si.C6H7IN2O2/c1-24(2,3)33-23(30)27-10-8-17(9-11-27)28-15-20(22(25)29)21(26-28)7-6-16-12-18(31-4)14-19(13-16)32-5;1-19-11-7-10(8-12(9-11)20-2)3-4-14-13(15(16)18)5-6-17-14;1-19-10-5-9(6-11(7-10)20-2)3-4-13-12(14(15)18)8-16-17-13;1-5-18-12(16)10-8-15(14-11(10)13)9-17-6-7-19(2,3)4;1-17(2,3)5-4-16-7-14-6-8(10(12)15)9(11)13-14;1-17(2,3)5-4-16-7-13-6-8(10(14)15)9(11)12-13;1-2-11-6(10)4-3-8-9-5(4)7/h12-15,17H,8-11H2,1-5H3,(H2,25,29);5,7-9H,6H2,1-2H3,(H2,16,18);5-8H,1-2H3,(H2,15,18)(H,16,17);8H,5-7,9H2,1-4H3;6H,4-5,7H2,1-3H3,(H2,12,15);6H,4-5,7H2,1-3H3,(H,14,15);3H,2H2,1H3,(H,8,9). The summed E-state index contributed by atoms with van der Waals surface area (Å²) in [4.78, 5) is 96.9. The van der Waals surface area contributed by atoms with Crippen molar-refractivity contribution in [3.8, 4) is 70.0 Å². The van der Waals surface area contributed by atoms with Crippen LogP contribution in [0.3, 0.4) is 0 Å². The minimum atomic E-state index is -1.07. The largest absolute Gasteiger partial charge is 0.497 e. The van der Waals surface area contributed by atoms with Crippen molar-refractivity contribution in [2.24, 2.45) is 27.9 Å². The van der Waals surface area contributed by atoms with Crippen molar-refractivity contribution in [3.05, 3.63) is 180 Å². The summed E-state index contributed by atoms with van der Waals surface area (Å²) in [5.74, 6) is 17.5. The second-order valence-electron chi connectivity index (χ2n) is 34.1. The van der Waals surface area contributed by atoms with Crippen LogP contribution in [-0.2, 0) is 53.4 Å². The molecule has 0 aliphatic carbocycles. The van der Waals surface area contributed by atoms with Gasteiger partial charge >= 0.3 is 24.0 Å². The number of hydrogen-bond acceptors (Lipinski definition) is 27. The second-order valence-corrected chi connectivity index (χ2v) is 55.1. The van der Waals surface area contributed by atoms with E-state index >= 15 is 0 Å². The Morgan fingerprint density at radius 2 is 0.854 bits per heavy atom. The number of likely N-dealkylation sites (tertiary alicyclic amines) is 1. The fourth-order valence-corrected chi connectivity index (χ4v) is 15.8. The van der Waals surface area contributed by atoms with Gasteiger partial charge in [0, 0.05) is 117 Å². The SMILES string of the molecule is CCOC(=O)c1cn(COCC[Si](C)(C)C)nc1I.CCOC(=O)c1cn[nH]c1I.COc1cc(C#CC2=NCC=C2C(N)=O)cc(OC)c1.COc1cc(C#Cc2[nH]ncc2C(N)=O)cc(OC)c1.COc1cc(C#Cc2nn(C3CCN(C(=O)OC(C)(C)C)CC3)cc2C(N)=O)cc(OC)c1.C[Si](C)(C)CCOCn1cc(C(=O)O)c(I)n1.C[Si](C)(C)CCOCn1cc(C(N)=O)c(I)n1. The number of benzene rings is 3. The molecule has 6 aromatic heterocycles. The number of nitrogens with two attached hydrogens (primary N) is 4. The molecule has 137 heavy (non-hydrogen) atoms. The quantitative estimate of drug-likeness (QED) is 0.00530. The maximum absolute atomic E-state index is 12.3. The van der Waals surface area contributed by atoms with E-state index in [0.29, 0.717) is 178 Å². The number of halogens is 4. The van der Waals surface area contributed by atoms with Crippen LogP contribution in [-0.4, -0.2) is 248 Å². The van der Waals surface area contributed by atoms with Crippen LogP contribution in [0.25, 0.3) is 0 Å². The first kappa shape index (κ1) is 116. The van der Waals surface area contributed by atoms with Gasteiger partial charge in [-0.3, -0.25) is 39.0 Å². The van der Waals surface area contributed by atoms with E-state index in [0.717, 1.165) is 31.3 Å². The highest BCUT2D eigenvalue weighted by molar-refractivity contribution is 14.1. The lowest BCUT2D eigenvalue weighted by Crippen LogP contribution is -2.42. The normalized spacial score (nSPS) is 12.0. The molecule has 2 aliphatic rings. The van der Waals surface area contributed by atoms with Gasteiger partial charge in [0.2, 0.25) is 0 Å². The van der Waals surface area contributed by atoms with Gasteiger partial charge in [-0.1, -0.05) is 76.7 Å². The van der Waals surface area contributed by atoms with Gasteiger partial charge in [0.1, 0.15) is 109 Å². The summed E-state index contributed by atoms with van der Waals surface area (Å²) in [6.45, 7) is 35.3. The Morgan fingerprint density at radius 1 is 0.474 bits per heavy atom. The lowest BCUT2D eigenvalue weighted by atomic mass is 10.1. The number of aromatic nitrogens is 12. The monoisotopic (exact) mass is 2390 g/mol. The number of nitrogens with one attached hydrogen (secondary N) is 2. The maximum Gasteiger partial charge on any atom is 0.410 e. The number of primary amides is 4. The molecule has 740 valence electrons.